The Balaban J connectivity index is 3.20. The largest absolute Gasteiger partial charge is 0.323 e. The van der Waals surface area contributed by atoms with E-state index in [4.69, 9.17) is 5.84 Å². The monoisotopic (exact) mass is 216 g/mol. The molecular formula is C7H6BrFN2. The number of benzene rings is 1. The molecule has 4 heteroatoms. The van der Waals surface area contributed by atoms with E-state index in [0.717, 1.165) is 0 Å². The molecule has 0 aliphatic carbocycles. The Morgan fingerprint density at radius 1 is 1.55 bits per heavy atom. The maximum atomic E-state index is 12.9. The first-order chi connectivity index (χ1) is 5.25. The van der Waals surface area contributed by atoms with Crippen LogP contribution in [0.1, 0.15) is 5.56 Å². The van der Waals surface area contributed by atoms with E-state index in [1.807, 2.05) is 0 Å². The summed E-state index contributed by atoms with van der Waals surface area (Å²) in [7, 11) is 0. The van der Waals surface area contributed by atoms with E-state index >= 15 is 0 Å². The fraction of sp³-hybridized carbons (Fsp3) is 0. The smallest absolute Gasteiger partial charge is 0.133 e. The summed E-state index contributed by atoms with van der Waals surface area (Å²) >= 11 is 3.16. The van der Waals surface area contributed by atoms with Gasteiger partial charge in [-0.1, -0.05) is 22.0 Å². The lowest BCUT2D eigenvalue weighted by molar-refractivity contribution is 0.625. The van der Waals surface area contributed by atoms with Crippen molar-refractivity contribution in [2.75, 3.05) is 0 Å². The van der Waals surface area contributed by atoms with Gasteiger partial charge >= 0.3 is 0 Å². The summed E-state index contributed by atoms with van der Waals surface area (Å²) < 4.78 is 13.5. The van der Waals surface area contributed by atoms with Crippen LogP contribution in [0.15, 0.2) is 27.8 Å². The molecule has 0 aliphatic heterocycles. The lowest BCUT2D eigenvalue weighted by Crippen LogP contribution is -1.92. The highest BCUT2D eigenvalue weighted by Crippen LogP contribution is 2.16. The molecule has 2 N–H and O–H groups in total. The van der Waals surface area contributed by atoms with E-state index in [2.05, 4.69) is 21.0 Å². The fourth-order valence-corrected chi connectivity index (χ4v) is 1.15. The van der Waals surface area contributed by atoms with E-state index in [0.29, 0.717) is 10.0 Å². The second-order valence-electron chi connectivity index (χ2n) is 1.91. The van der Waals surface area contributed by atoms with Crippen molar-refractivity contribution in [1.82, 2.24) is 0 Å². The van der Waals surface area contributed by atoms with Gasteiger partial charge in [-0.3, -0.25) is 0 Å². The zero-order valence-corrected chi connectivity index (χ0v) is 7.18. The van der Waals surface area contributed by atoms with Crippen molar-refractivity contribution >= 4 is 22.1 Å². The van der Waals surface area contributed by atoms with Gasteiger partial charge in [0.05, 0.1) is 6.21 Å². The third kappa shape index (κ3) is 1.77. The SMILES string of the molecule is NN=Cc1c(F)cccc1Br. The predicted octanol–water partition coefficient (Wildman–Crippen LogP) is 1.88. The summed E-state index contributed by atoms with van der Waals surface area (Å²) in [5, 5.41) is 3.23. The Labute approximate surface area is 72.0 Å². The van der Waals surface area contributed by atoms with Crippen LogP contribution in [0.4, 0.5) is 4.39 Å². The van der Waals surface area contributed by atoms with Gasteiger partial charge in [0.15, 0.2) is 0 Å². The predicted molar refractivity (Wildman–Crippen MR) is 45.9 cm³/mol. The molecule has 2 nitrogen and oxygen atoms in total. The standard InChI is InChI=1S/C7H6BrFN2/c8-6-2-1-3-7(9)5(6)4-11-10/h1-4H,10H2. The molecule has 0 spiro atoms. The maximum Gasteiger partial charge on any atom is 0.133 e. The molecular weight excluding hydrogens is 211 g/mol. The van der Waals surface area contributed by atoms with Crippen molar-refractivity contribution in [2.45, 2.75) is 0 Å². The van der Waals surface area contributed by atoms with Gasteiger partial charge in [-0.05, 0) is 12.1 Å². The van der Waals surface area contributed by atoms with Gasteiger partial charge < -0.3 is 5.84 Å². The highest BCUT2D eigenvalue weighted by molar-refractivity contribution is 9.10. The number of rotatable bonds is 1. The average Bonchev–Trinajstić information content (AvgIpc) is 1.97. The molecule has 1 aromatic carbocycles. The fourth-order valence-electron chi connectivity index (χ4n) is 0.709. The van der Waals surface area contributed by atoms with Gasteiger partial charge in [0.1, 0.15) is 5.82 Å². The topological polar surface area (TPSA) is 38.4 Å². The van der Waals surface area contributed by atoms with Crippen molar-refractivity contribution < 1.29 is 4.39 Å². The lowest BCUT2D eigenvalue weighted by atomic mass is 10.2. The van der Waals surface area contributed by atoms with Crippen molar-refractivity contribution in [2.24, 2.45) is 10.9 Å². The van der Waals surface area contributed by atoms with Crippen LogP contribution < -0.4 is 5.84 Å². The maximum absolute atomic E-state index is 12.9. The third-order valence-corrected chi connectivity index (χ3v) is 1.89. The van der Waals surface area contributed by atoms with E-state index in [1.54, 1.807) is 12.1 Å². The van der Waals surface area contributed by atoms with Crippen LogP contribution in [0, 0.1) is 5.82 Å². The van der Waals surface area contributed by atoms with Crippen molar-refractivity contribution in [1.29, 1.82) is 0 Å². The van der Waals surface area contributed by atoms with Gasteiger partial charge in [-0.25, -0.2) is 4.39 Å². The molecule has 0 saturated heterocycles. The molecule has 0 bridgehead atoms. The van der Waals surface area contributed by atoms with Crippen LogP contribution in [-0.4, -0.2) is 6.21 Å². The Morgan fingerprint density at radius 3 is 2.82 bits per heavy atom. The van der Waals surface area contributed by atoms with Crippen LogP contribution in [0.25, 0.3) is 0 Å². The van der Waals surface area contributed by atoms with Gasteiger partial charge in [0.25, 0.3) is 0 Å². The third-order valence-electron chi connectivity index (χ3n) is 1.20. The van der Waals surface area contributed by atoms with Gasteiger partial charge in [-0.15, -0.1) is 0 Å². The molecule has 0 radical (unpaired) electrons. The summed E-state index contributed by atoms with van der Waals surface area (Å²) in [6, 6.07) is 4.68. The highest BCUT2D eigenvalue weighted by atomic mass is 79.9. The van der Waals surface area contributed by atoms with Crippen LogP contribution in [0.2, 0.25) is 0 Å². The zero-order valence-electron chi connectivity index (χ0n) is 5.59. The second-order valence-corrected chi connectivity index (χ2v) is 2.77. The lowest BCUT2D eigenvalue weighted by Gasteiger charge is -1.97. The summed E-state index contributed by atoms with van der Waals surface area (Å²) in [6.07, 6.45) is 1.26. The van der Waals surface area contributed by atoms with E-state index in [1.165, 1.54) is 12.3 Å². The minimum Gasteiger partial charge on any atom is -0.323 e. The van der Waals surface area contributed by atoms with E-state index < -0.39 is 0 Å². The van der Waals surface area contributed by atoms with E-state index in [9.17, 15) is 4.39 Å². The number of hydrazone groups is 1. The minimum absolute atomic E-state index is 0.339. The number of nitrogens with zero attached hydrogens (tertiary/aromatic N) is 1. The molecule has 0 fully saturated rings. The molecule has 0 aliphatic rings. The molecule has 0 aromatic heterocycles. The Hall–Kier alpha value is -0.900. The van der Waals surface area contributed by atoms with Crippen molar-refractivity contribution in [3.63, 3.8) is 0 Å². The number of hydrogen-bond acceptors (Lipinski definition) is 2. The number of nitrogens with two attached hydrogens (primary N) is 1. The molecule has 1 aromatic rings. The zero-order chi connectivity index (χ0) is 8.27. The first kappa shape index (κ1) is 8.20. The summed E-state index contributed by atoms with van der Waals surface area (Å²) in [4.78, 5) is 0. The molecule has 11 heavy (non-hydrogen) atoms. The molecule has 0 unspecified atom stereocenters. The normalized spacial score (nSPS) is 10.7. The van der Waals surface area contributed by atoms with Gasteiger partial charge in [0, 0.05) is 10.0 Å². The first-order valence-corrected chi connectivity index (χ1v) is 3.72. The summed E-state index contributed by atoms with van der Waals surface area (Å²) in [5.74, 6) is 4.54. The Morgan fingerprint density at radius 2 is 2.27 bits per heavy atom. The molecule has 0 heterocycles. The molecule has 0 saturated carbocycles. The molecule has 0 atom stereocenters. The molecule has 58 valence electrons. The molecule has 0 amide bonds. The van der Waals surface area contributed by atoms with Crippen LogP contribution in [0.3, 0.4) is 0 Å². The average molecular weight is 217 g/mol. The Kier molecular flexibility index (Phi) is 2.59. The van der Waals surface area contributed by atoms with Crippen LogP contribution in [0.5, 0.6) is 0 Å². The van der Waals surface area contributed by atoms with Crippen molar-refractivity contribution in [3.8, 4) is 0 Å². The summed E-state index contributed by atoms with van der Waals surface area (Å²) in [5.41, 5.74) is 0.370. The summed E-state index contributed by atoms with van der Waals surface area (Å²) in [6.45, 7) is 0. The first-order valence-electron chi connectivity index (χ1n) is 2.93. The minimum atomic E-state index is -0.339. The van der Waals surface area contributed by atoms with Gasteiger partial charge in [0.2, 0.25) is 0 Å². The number of hydrogen-bond donors (Lipinski definition) is 1. The highest BCUT2D eigenvalue weighted by Gasteiger charge is 2.01. The van der Waals surface area contributed by atoms with Gasteiger partial charge in [-0.2, -0.15) is 5.10 Å². The molecule has 1 rings (SSSR count). The quantitative estimate of drug-likeness (QED) is 0.435. The Bertz CT molecular complexity index is 266. The van der Waals surface area contributed by atoms with Crippen LogP contribution >= 0.6 is 15.9 Å². The second kappa shape index (κ2) is 3.48. The number of halogens is 2. The van der Waals surface area contributed by atoms with Crippen molar-refractivity contribution in [3.05, 3.63) is 34.1 Å². The van der Waals surface area contributed by atoms with Crippen LogP contribution in [-0.2, 0) is 0 Å². The van der Waals surface area contributed by atoms with E-state index in [-0.39, 0.29) is 5.82 Å².